The molecule has 28 heavy (non-hydrogen) atoms. The van der Waals surface area contributed by atoms with Gasteiger partial charge in [0.05, 0.1) is 5.92 Å². The third-order valence-electron chi connectivity index (χ3n) is 5.30. The molecule has 2 aliphatic rings. The highest BCUT2D eigenvalue weighted by Gasteiger charge is 2.36. The zero-order chi connectivity index (χ0) is 20.5. The van der Waals surface area contributed by atoms with E-state index in [0.29, 0.717) is 31.5 Å². The maximum Gasteiger partial charge on any atom is 0.410 e. The maximum absolute atomic E-state index is 12.6. The van der Waals surface area contributed by atoms with Gasteiger partial charge in [0.25, 0.3) is 5.91 Å². The lowest BCUT2D eigenvalue weighted by molar-refractivity contribution is -0.142. The van der Waals surface area contributed by atoms with Crippen molar-refractivity contribution >= 4 is 18.0 Å². The SMILES string of the molecule is CC(C)(C)OC(=O)N1CC(c2cccc(C(=O)N[C@H]3CCC[C@H]3C(=O)O)c2)C1. The number of nitrogens with zero attached hydrogens (tertiary/aromatic N) is 1. The van der Waals surface area contributed by atoms with Gasteiger partial charge in [-0.3, -0.25) is 9.59 Å². The van der Waals surface area contributed by atoms with Crippen LogP contribution in [0.4, 0.5) is 4.79 Å². The Balaban J connectivity index is 1.58. The minimum absolute atomic E-state index is 0.165. The molecule has 0 spiro atoms. The Bertz CT molecular complexity index is 764. The molecule has 7 nitrogen and oxygen atoms in total. The van der Waals surface area contributed by atoms with Crippen molar-refractivity contribution in [2.24, 2.45) is 5.92 Å². The molecule has 0 bridgehead atoms. The number of rotatable bonds is 4. The van der Waals surface area contributed by atoms with Crippen LogP contribution in [-0.2, 0) is 9.53 Å². The molecule has 1 aromatic rings. The summed E-state index contributed by atoms with van der Waals surface area (Å²) in [7, 11) is 0. The van der Waals surface area contributed by atoms with Crippen LogP contribution < -0.4 is 5.32 Å². The molecule has 1 heterocycles. The van der Waals surface area contributed by atoms with Gasteiger partial charge >= 0.3 is 12.1 Å². The molecule has 1 aliphatic heterocycles. The van der Waals surface area contributed by atoms with Gasteiger partial charge in [0.1, 0.15) is 5.60 Å². The normalized spacial score (nSPS) is 22.5. The lowest BCUT2D eigenvalue weighted by atomic mass is 9.90. The van der Waals surface area contributed by atoms with E-state index < -0.39 is 17.5 Å². The number of carbonyl (C=O) groups is 3. The zero-order valence-corrected chi connectivity index (χ0v) is 16.6. The molecule has 2 atom stereocenters. The number of carboxylic acids is 1. The van der Waals surface area contributed by atoms with Crippen molar-refractivity contribution in [3.05, 3.63) is 35.4 Å². The average Bonchev–Trinajstić information content (AvgIpc) is 3.00. The third kappa shape index (κ3) is 4.64. The smallest absolute Gasteiger partial charge is 0.410 e. The molecule has 0 aromatic heterocycles. The zero-order valence-electron chi connectivity index (χ0n) is 16.6. The van der Waals surface area contributed by atoms with Gasteiger partial charge in [0, 0.05) is 30.6 Å². The van der Waals surface area contributed by atoms with Crippen LogP contribution in [0, 0.1) is 5.92 Å². The van der Waals surface area contributed by atoms with Crippen molar-refractivity contribution in [3.8, 4) is 0 Å². The van der Waals surface area contributed by atoms with Crippen LogP contribution in [0.3, 0.4) is 0 Å². The first-order chi connectivity index (χ1) is 13.1. The predicted molar refractivity (Wildman–Crippen MR) is 103 cm³/mol. The number of nitrogens with one attached hydrogen (secondary N) is 1. The van der Waals surface area contributed by atoms with E-state index in [1.165, 1.54) is 0 Å². The number of benzene rings is 1. The molecule has 2 fully saturated rings. The second-order valence-electron chi connectivity index (χ2n) is 8.66. The van der Waals surface area contributed by atoms with E-state index in [-0.39, 0.29) is 24.0 Å². The van der Waals surface area contributed by atoms with Gasteiger partial charge in [-0.05, 0) is 51.3 Å². The van der Waals surface area contributed by atoms with E-state index in [0.717, 1.165) is 12.0 Å². The molecule has 1 aliphatic carbocycles. The number of carboxylic acid groups (broad SMARTS) is 1. The summed E-state index contributed by atoms with van der Waals surface area (Å²) in [6, 6.07) is 7.01. The summed E-state index contributed by atoms with van der Waals surface area (Å²) in [6.45, 7) is 6.63. The van der Waals surface area contributed by atoms with Gasteiger partial charge < -0.3 is 20.1 Å². The first-order valence-electron chi connectivity index (χ1n) is 9.75. The van der Waals surface area contributed by atoms with Crippen molar-refractivity contribution in [1.29, 1.82) is 0 Å². The van der Waals surface area contributed by atoms with Crippen LogP contribution in [0.2, 0.25) is 0 Å². The number of carbonyl (C=O) groups excluding carboxylic acids is 2. The second-order valence-corrected chi connectivity index (χ2v) is 8.66. The predicted octanol–water partition coefficient (Wildman–Crippen LogP) is 3.00. The molecule has 3 rings (SSSR count). The largest absolute Gasteiger partial charge is 0.481 e. The van der Waals surface area contributed by atoms with Crippen molar-refractivity contribution in [2.75, 3.05) is 13.1 Å². The second kappa shape index (κ2) is 7.81. The molecule has 1 aromatic carbocycles. The van der Waals surface area contributed by atoms with Gasteiger partial charge in [-0.1, -0.05) is 18.6 Å². The molecule has 1 saturated carbocycles. The highest BCUT2D eigenvalue weighted by molar-refractivity contribution is 5.95. The van der Waals surface area contributed by atoms with Crippen molar-refractivity contribution in [1.82, 2.24) is 10.2 Å². The lowest BCUT2D eigenvalue weighted by Crippen LogP contribution is -2.50. The maximum atomic E-state index is 12.6. The molecule has 152 valence electrons. The molecule has 2 N–H and O–H groups in total. The standard InChI is InChI=1S/C21H28N2O5/c1-21(2,3)28-20(27)23-11-15(12-23)13-6-4-7-14(10-13)18(24)22-17-9-5-8-16(17)19(25)26/h4,6-7,10,15-17H,5,8-9,11-12H2,1-3H3,(H,22,24)(H,25,26)/t16-,17+/m1/s1. The molecule has 7 heteroatoms. The Labute approximate surface area is 165 Å². The Kier molecular flexibility index (Phi) is 5.63. The molecule has 0 radical (unpaired) electrons. The van der Waals surface area contributed by atoms with Crippen LogP contribution in [0.5, 0.6) is 0 Å². The van der Waals surface area contributed by atoms with Gasteiger partial charge in [-0.25, -0.2) is 4.79 Å². The van der Waals surface area contributed by atoms with E-state index in [2.05, 4.69) is 5.32 Å². The van der Waals surface area contributed by atoms with Gasteiger partial charge in [0.15, 0.2) is 0 Å². The first-order valence-corrected chi connectivity index (χ1v) is 9.75. The number of amides is 2. The van der Waals surface area contributed by atoms with Gasteiger partial charge in [0.2, 0.25) is 0 Å². The summed E-state index contributed by atoms with van der Waals surface area (Å²) >= 11 is 0. The van der Waals surface area contributed by atoms with Gasteiger partial charge in [-0.15, -0.1) is 0 Å². The number of aliphatic carboxylic acids is 1. The lowest BCUT2D eigenvalue weighted by Gasteiger charge is -2.40. The van der Waals surface area contributed by atoms with Crippen molar-refractivity contribution in [2.45, 2.75) is 57.6 Å². The number of ether oxygens (including phenoxy) is 1. The van der Waals surface area contributed by atoms with E-state index in [1.807, 2.05) is 39.0 Å². The Morgan fingerprint density at radius 3 is 2.54 bits per heavy atom. The van der Waals surface area contributed by atoms with Crippen molar-refractivity contribution in [3.63, 3.8) is 0 Å². The molecule has 1 saturated heterocycles. The van der Waals surface area contributed by atoms with E-state index in [4.69, 9.17) is 4.74 Å². The fourth-order valence-corrected chi connectivity index (χ4v) is 3.78. The van der Waals surface area contributed by atoms with Crippen LogP contribution in [0.15, 0.2) is 24.3 Å². The summed E-state index contributed by atoms with van der Waals surface area (Å²) in [5.74, 6) is -1.45. The average molecular weight is 388 g/mol. The number of likely N-dealkylation sites (tertiary alicyclic amines) is 1. The summed E-state index contributed by atoms with van der Waals surface area (Å²) < 4.78 is 5.37. The van der Waals surface area contributed by atoms with E-state index >= 15 is 0 Å². The van der Waals surface area contributed by atoms with E-state index in [9.17, 15) is 19.5 Å². The van der Waals surface area contributed by atoms with Crippen LogP contribution >= 0.6 is 0 Å². The van der Waals surface area contributed by atoms with E-state index in [1.54, 1.807) is 11.0 Å². The van der Waals surface area contributed by atoms with Crippen molar-refractivity contribution < 1.29 is 24.2 Å². The van der Waals surface area contributed by atoms with Crippen LogP contribution in [0.25, 0.3) is 0 Å². The minimum atomic E-state index is -0.853. The first kappa shape index (κ1) is 20.2. The molecule has 0 unspecified atom stereocenters. The fourth-order valence-electron chi connectivity index (χ4n) is 3.78. The Morgan fingerprint density at radius 1 is 1.18 bits per heavy atom. The summed E-state index contributed by atoms with van der Waals surface area (Å²) in [5, 5.41) is 12.1. The summed E-state index contributed by atoms with van der Waals surface area (Å²) in [4.78, 5) is 37.6. The summed E-state index contributed by atoms with van der Waals surface area (Å²) in [6.07, 6.45) is 1.78. The topological polar surface area (TPSA) is 95.9 Å². The Morgan fingerprint density at radius 2 is 1.89 bits per heavy atom. The number of hydrogen-bond donors (Lipinski definition) is 2. The fraction of sp³-hybridized carbons (Fsp3) is 0.571. The molecular weight excluding hydrogens is 360 g/mol. The minimum Gasteiger partial charge on any atom is -0.481 e. The highest BCUT2D eigenvalue weighted by Crippen LogP contribution is 2.30. The quantitative estimate of drug-likeness (QED) is 0.827. The highest BCUT2D eigenvalue weighted by atomic mass is 16.6. The monoisotopic (exact) mass is 388 g/mol. The third-order valence-corrected chi connectivity index (χ3v) is 5.30. The van der Waals surface area contributed by atoms with Crippen LogP contribution in [0.1, 0.15) is 61.9 Å². The van der Waals surface area contributed by atoms with Gasteiger partial charge in [-0.2, -0.15) is 0 Å². The number of hydrogen-bond acceptors (Lipinski definition) is 4. The summed E-state index contributed by atoms with van der Waals surface area (Å²) in [5.41, 5.74) is 0.992. The molecule has 2 amide bonds. The molecular formula is C21H28N2O5. The Hall–Kier alpha value is -2.57. The van der Waals surface area contributed by atoms with Crippen LogP contribution in [-0.4, -0.2) is 52.7 Å².